The van der Waals surface area contributed by atoms with Gasteiger partial charge >= 0.3 is 0 Å². The summed E-state index contributed by atoms with van der Waals surface area (Å²) in [7, 11) is 0. The van der Waals surface area contributed by atoms with Gasteiger partial charge in [0.1, 0.15) is 0 Å². The van der Waals surface area contributed by atoms with Crippen LogP contribution in [-0.2, 0) is 0 Å². The summed E-state index contributed by atoms with van der Waals surface area (Å²) >= 11 is 0. The predicted molar refractivity (Wildman–Crippen MR) is 153 cm³/mol. The number of hydrogen-bond acceptors (Lipinski definition) is 2. The number of unbranched alkanes of at least 4 members (excludes halogenated alkanes) is 8. The van der Waals surface area contributed by atoms with Crippen LogP contribution in [-0.4, -0.2) is 6.04 Å². The van der Waals surface area contributed by atoms with Crippen LogP contribution in [0.25, 0.3) is 5.57 Å². The number of nitrogen functional groups attached to an aromatic ring is 1. The lowest BCUT2D eigenvalue weighted by atomic mass is 9.53. The van der Waals surface area contributed by atoms with Crippen LogP contribution >= 0.6 is 0 Å². The molecule has 1 atom stereocenters. The Hall–Kier alpha value is -1.28. The van der Waals surface area contributed by atoms with Gasteiger partial charge in [0.15, 0.2) is 0 Å². The second-order valence-corrected chi connectivity index (χ2v) is 11.4. The first kappa shape index (κ1) is 29.0. The fraction of sp³-hybridized carbons (Fsp3) is 0.750. The number of rotatable bonds is 17. The zero-order chi connectivity index (χ0) is 24.9. The first-order valence-electron chi connectivity index (χ1n) is 14.8. The van der Waals surface area contributed by atoms with Crippen LogP contribution in [0.15, 0.2) is 30.3 Å². The molecule has 1 unspecified atom stereocenters. The van der Waals surface area contributed by atoms with Crippen LogP contribution in [0, 0.1) is 10.8 Å². The van der Waals surface area contributed by atoms with Crippen LogP contribution < -0.4 is 11.5 Å². The standard InChI is InChI=1S/C32H56N2/c1-5-9-13-21-31(22-14-10-6-2)25-28(27-17-19-29(33)20-18-27)26-32(30(31)34,23-15-11-7-3)24-16-12-8-4/h17-20,25,30H,5-16,21-24,26,33-34H2,1-4H3. The third-order valence-electron chi connectivity index (χ3n) is 8.61. The Morgan fingerprint density at radius 3 is 1.56 bits per heavy atom. The number of allylic oxidation sites excluding steroid dienone is 1. The zero-order valence-electron chi connectivity index (χ0n) is 23.1. The lowest BCUT2D eigenvalue weighted by Crippen LogP contribution is -2.55. The number of anilines is 1. The summed E-state index contributed by atoms with van der Waals surface area (Å²) in [6.45, 7) is 9.29. The highest BCUT2D eigenvalue weighted by Gasteiger charge is 2.50. The Balaban J connectivity index is 2.55. The van der Waals surface area contributed by atoms with Gasteiger partial charge in [0.05, 0.1) is 0 Å². The van der Waals surface area contributed by atoms with E-state index in [0.717, 1.165) is 12.1 Å². The van der Waals surface area contributed by atoms with E-state index in [4.69, 9.17) is 11.5 Å². The Morgan fingerprint density at radius 2 is 1.12 bits per heavy atom. The van der Waals surface area contributed by atoms with Gasteiger partial charge in [-0.2, -0.15) is 0 Å². The third-order valence-corrected chi connectivity index (χ3v) is 8.61. The van der Waals surface area contributed by atoms with Gasteiger partial charge in [0.2, 0.25) is 0 Å². The van der Waals surface area contributed by atoms with Crippen molar-refractivity contribution >= 4 is 11.3 Å². The van der Waals surface area contributed by atoms with Crippen LogP contribution in [0.2, 0.25) is 0 Å². The van der Waals surface area contributed by atoms with Crippen LogP contribution in [0.4, 0.5) is 5.69 Å². The molecule has 0 radical (unpaired) electrons. The van der Waals surface area contributed by atoms with Crippen molar-refractivity contribution in [1.29, 1.82) is 0 Å². The molecule has 0 saturated heterocycles. The summed E-state index contributed by atoms with van der Waals surface area (Å²) in [6.07, 6.45) is 24.4. The van der Waals surface area contributed by atoms with Gasteiger partial charge in [-0.25, -0.2) is 0 Å². The van der Waals surface area contributed by atoms with E-state index in [0.29, 0.717) is 0 Å². The van der Waals surface area contributed by atoms with E-state index in [1.54, 1.807) is 5.57 Å². The summed E-state index contributed by atoms with van der Waals surface area (Å²) in [5.74, 6) is 0. The van der Waals surface area contributed by atoms with Crippen molar-refractivity contribution in [2.75, 3.05) is 5.73 Å². The van der Waals surface area contributed by atoms with Crippen molar-refractivity contribution in [3.8, 4) is 0 Å². The second-order valence-electron chi connectivity index (χ2n) is 11.4. The lowest BCUT2D eigenvalue weighted by molar-refractivity contribution is 0.0697. The fourth-order valence-electron chi connectivity index (χ4n) is 6.52. The molecule has 0 spiro atoms. The fourth-order valence-corrected chi connectivity index (χ4v) is 6.52. The molecule has 0 aliphatic heterocycles. The first-order chi connectivity index (χ1) is 16.5. The van der Waals surface area contributed by atoms with Crippen LogP contribution in [0.1, 0.15) is 142 Å². The maximum absolute atomic E-state index is 7.52. The molecule has 34 heavy (non-hydrogen) atoms. The smallest absolute Gasteiger partial charge is 0.0314 e. The summed E-state index contributed by atoms with van der Waals surface area (Å²) in [6, 6.07) is 8.93. The zero-order valence-corrected chi connectivity index (χ0v) is 23.1. The monoisotopic (exact) mass is 468 g/mol. The molecule has 0 heterocycles. The maximum Gasteiger partial charge on any atom is 0.0314 e. The minimum atomic E-state index is 0.123. The number of hydrogen-bond donors (Lipinski definition) is 2. The molecule has 0 aromatic heterocycles. The molecule has 2 heteroatoms. The van der Waals surface area contributed by atoms with Gasteiger partial charge in [-0.3, -0.25) is 0 Å². The highest BCUT2D eigenvalue weighted by molar-refractivity contribution is 5.69. The Kier molecular flexibility index (Phi) is 12.7. The molecule has 0 saturated carbocycles. The normalized spacial score (nSPS) is 19.2. The average Bonchev–Trinajstić information content (AvgIpc) is 2.83. The molecule has 1 aliphatic rings. The largest absolute Gasteiger partial charge is 0.399 e. The van der Waals surface area contributed by atoms with Gasteiger partial charge in [-0.1, -0.05) is 123 Å². The molecule has 0 fully saturated rings. The van der Waals surface area contributed by atoms with Gasteiger partial charge in [0.25, 0.3) is 0 Å². The lowest BCUT2D eigenvalue weighted by Gasteiger charge is -2.53. The van der Waals surface area contributed by atoms with Crippen LogP contribution in [0.5, 0.6) is 0 Å². The number of benzene rings is 1. The summed E-state index contributed by atoms with van der Waals surface area (Å²) in [4.78, 5) is 0. The minimum Gasteiger partial charge on any atom is -0.399 e. The predicted octanol–water partition coefficient (Wildman–Crippen LogP) is 9.68. The van der Waals surface area contributed by atoms with Crippen molar-refractivity contribution in [2.24, 2.45) is 16.6 Å². The molecule has 1 aliphatic carbocycles. The van der Waals surface area contributed by atoms with Crippen molar-refractivity contribution < 1.29 is 0 Å². The van der Waals surface area contributed by atoms with Crippen molar-refractivity contribution in [3.05, 3.63) is 35.9 Å². The molecule has 1 aromatic carbocycles. The SMILES string of the molecule is CCCCCC1(CCCCC)C=C(c2ccc(N)cc2)CC(CCCCC)(CCCCC)C1N. The molecule has 2 rings (SSSR count). The maximum atomic E-state index is 7.52. The van der Waals surface area contributed by atoms with E-state index < -0.39 is 0 Å². The molecule has 194 valence electrons. The van der Waals surface area contributed by atoms with Crippen LogP contribution in [0.3, 0.4) is 0 Å². The van der Waals surface area contributed by atoms with Crippen molar-refractivity contribution in [2.45, 2.75) is 143 Å². The highest BCUT2D eigenvalue weighted by atomic mass is 14.8. The topological polar surface area (TPSA) is 52.0 Å². The Bertz CT molecular complexity index is 682. The minimum absolute atomic E-state index is 0.123. The molecule has 4 N–H and O–H groups in total. The van der Waals surface area contributed by atoms with E-state index in [1.165, 1.54) is 108 Å². The molecule has 0 bridgehead atoms. The van der Waals surface area contributed by atoms with Gasteiger partial charge in [-0.15, -0.1) is 0 Å². The van der Waals surface area contributed by atoms with E-state index >= 15 is 0 Å². The quantitative estimate of drug-likeness (QED) is 0.176. The molecule has 2 nitrogen and oxygen atoms in total. The second kappa shape index (κ2) is 15.0. The van der Waals surface area contributed by atoms with E-state index in [9.17, 15) is 0 Å². The molecular formula is C32H56N2. The van der Waals surface area contributed by atoms with E-state index in [-0.39, 0.29) is 16.9 Å². The van der Waals surface area contributed by atoms with Crippen molar-refractivity contribution in [1.82, 2.24) is 0 Å². The van der Waals surface area contributed by atoms with E-state index in [1.807, 2.05) is 0 Å². The molecular weight excluding hydrogens is 412 g/mol. The number of nitrogens with two attached hydrogens (primary N) is 2. The Morgan fingerprint density at radius 1 is 0.676 bits per heavy atom. The summed E-state index contributed by atoms with van der Waals surface area (Å²) in [5, 5.41) is 0. The Labute approximate surface area is 212 Å². The highest BCUT2D eigenvalue weighted by Crippen LogP contribution is 2.56. The average molecular weight is 469 g/mol. The van der Waals surface area contributed by atoms with Gasteiger partial charge in [-0.05, 0) is 60.8 Å². The third kappa shape index (κ3) is 7.87. The molecule has 1 aromatic rings. The molecule has 0 amide bonds. The van der Waals surface area contributed by atoms with E-state index in [2.05, 4.69) is 58.0 Å². The summed E-state index contributed by atoms with van der Waals surface area (Å²) in [5.41, 5.74) is 17.7. The van der Waals surface area contributed by atoms with Gasteiger partial charge in [0, 0.05) is 17.1 Å². The van der Waals surface area contributed by atoms with Crippen molar-refractivity contribution in [3.63, 3.8) is 0 Å². The summed E-state index contributed by atoms with van der Waals surface area (Å²) < 4.78 is 0. The first-order valence-corrected chi connectivity index (χ1v) is 14.8. The van der Waals surface area contributed by atoms with Gasteiger partial charge < -0.3 is 11.5 Å².